The van der Waals surface area contributed by atoms with E-state index in [2.05, 4.69) is 43.2 Å². The van der Waals surface area contributed by atoms with Gasteiger partial charge in [-0.25, -0.2) is 0 Å². The molecule has 0 aliphatic rings. The highest BCUT2D eigenvalue weighted by molar-refractivity contribution is 7.85. The summed E-state index contributed by atoms with van der Waals surface area (Å²) in [6, 6.07) is 4.00. The van der Waals surface area contributed by atoms with Crippen molar-refractivity contribution in [3.05, 3.63) is 30.1 Å². The van der Waals surface area contributed by atoms with Crippen LogP contribution in [0, 0.1) is 0 Å². The first-order chi connectivity index (χ1) is 5.64. The van der Waals surface area contributed by atoms with Crippen molar-refractivity contribution in [2.75, 3.05) is 5.75 Å². The summed E-state index contributed by atoms with van der Waals surface area (Å²) in [6.07, 6.45) is 4.56. The van der Waals surface area contributed by atoms with E-state index in [4.69, 9.17) is 0 Å². The molecule has 0 aromatic carbocycles. The van der Waals surface area contributed by atoms with Gasteiger partial charge in [0.1, 0.15) is 0 Å². The minimum Gasteiger partial charge on any atom is -0.264 e. The van der Waals surface area contributed by atoms with E-state index in [0.29, 0.717) is 0 Å². The largest absolute Gasteiger partial charge is 0.264 e. The van der Waals surface area contributed by atoms with Crippen LogP contribution in [0.4, 0.5) is 0 Å². The molecule has 0 spiro atoms. The van der Waals surface area contributed by atoms with Crippen molar-refractivity contribution in [3.63, 3.8) is 0 Å². The van der Waals surface area contributed by atoms with Gasteiger partial charge in [-0.3, -0.25) is 4.98 Å². The van der Waals surface area contributed by atoms with Crippen LogP contribution in [0.15, 0.2) is 24.5 Å². The molecule has 1 aromatic heterocycles. The zero-order valence-corrected chi connectivity index (χ0v) is 8.85. The molecule has 1 aromatic rings. The predicted molar refractivity (Wildman–Crippen MR) is 59.2 cm³/mol. The molecule has 0 bridgehead atoms. The van der Waals surface area contributed by atoms with Crippen LogP contribution in [0.3, 0.4) is 0 Å². The lowest BCUT2D eigenvalue weighted by molar-refractivity contribution is 0.725. The van der Waals surface area contributed by atoms with Crippen LogP contribution >= 0.6 is 25.3 Å². The maximum atomic E-state index is 4.49. The van der Waals surface area contributed by atoms with E-state index in [0.717, 1.165) is 12.2 Å². The van der Waals surface area contributed by atoms with E-state index in [1.807, 2.05) is 12.3 Å². The van der Waals surface area contributed by atoms with Crippen molar-refractivity contribution in [2.45, 2.75) is 18.1 Å². The van der Waals surface area contributed by atoms with E-state index in [1.165, 1.54) is 5.56 Å². The third-order valence-electron chi connectivity index (χ3n) is 1.65. The number of hydrogen-bond acceptors (Lipinski definition) is 3. The summed E-state index contributed by atoms with van der Waals surface area (Å²) in [5.41, 5.74) is 1.21. The van der Waals surface area contributed by atoms with Gasteiger partial charge >= 0.3 is 0 Å². The highest BCUT2D eigenvalue weighted by atomic mass is 32.1. The minimum atomic E-state index is -0.0356. The molecular formula is C9H13NS2. The maximum Gasteiger partial charge on any atom is 0.0300 e. The van der Waals surface area contributed by atoms with E-state index < -0.39 is 0 Å². The van der Waals surface area contributed by atoms with Gasteiger partial charge in [-0.1, -0.05) is 6.07 Å². The molecule has 1 heterocycles. The smallest absolute Gasteiger partial charge is 0.0300 e. The molecule has 0 radical (unpaired) electrons. The third kappa shape index (κ3) is 3.07. The summed E-state index contributed by atoms with van der Waals surface area (Å²) >= 11 is 8.73. The molecule has 0 fully saturated rings. The standard InChI is InChI=1S/C9H13NS2/c1-9(12,7-11)5-8-3-2-4-10-6-8/h2-4,6,11-12H,5,7H2,1H3/t9-/m1/s1. The van der Waals surface area contributed by atoms with Crippen LogP contribution in [0.5, 0.6) is 0 Å². The normalized spacial score (nSPS) is 15.6. The number of rotatable bonds is 3. The Balaban J connectivity index is 2.64. The Morgan fingerprint density at radius 1 is 1.58 bits per heavy atom. The van der Waals surface area contributed by atoms with Crippen molar-refractivity contribution in [2.24, 2.45) is 0 Å². The van der Waals surface area contributed by atoms with Crippen molar-refractivity contribution in [1.29, 1.82) is 0 Å². The molecule has 66 valence electrons. The highest BCUT2D eigenvalue weighted by Gasteiger charge is 2.17. The summed E-state index contributed by atoms with van der Waals surface area (Å²) in [4.78, 5) is 4.04. The Bertz CT molecular complexity index is 234. The fraction of sp³-hybridized carbons (Fsp3) is 0.444. The molecule has 0 aliphatic heterocycles. The van der Waals surface area contributed by atoms with Gasteiger partial charge < -0.3 is 0 Å². The molecule has 1 atom stereocenters. The first kappa shape index (κ1) is 9.93. The summed E-state index contributed by atoms with van der Waals surface area (Å²) in [6.45, 7) is 2.08. The Kier molecular flexibility index (Phi) is 3.47. The molecule has 0 aliphatic carbocycles. The van der Waals surface area contributed by atoms with E-state index in [-0.39, 0.29) is 4.75 Å². The second kappa shape index (κ2) is 4.19. The van der Waals surface area contributed by atoms with Gasteiger partial charge in [0.2, 0.25) is 0 Å². The number of hydrogen-bond donors (Lipinski definition) is 2. The Morgan fingerprint density at radius 3 is 2.83 bits per heavy atom. The van der Waals surface area contributed by atoms with E-state index in [1.54, 1.807) is 6.20 Å². The quantitative estimate of drug-likeness (QED) is 0.712. The average Bonchev–Trinajstić information content (AvgIpc) is 2.06. The number of thiol groups is 2. The highest BCUT2D eigenvalue weighted by Crippen LogP contribution is 2.20. The molecule has 0 saturated carbocycles. The molecule has 0 saturated heterocycles. The van der Waals surface area contributed by atoms with Crippen molar-refractivity contribution in [3.8, 4) is 0 Å². The molecular weight excluding hydrogens is 186 g/mol. The lowest BCUT2D eigenvalue weighted by atomic mass is 10.0. The first-order valence-corrected chi connectivity index (χ1v) is 4.94. The minimum absolute atomic E-state index is 0.0356. The number of pyridine rings is 1. The van der Waals surface area contributed by atoms with Crippen molar-refractivity contribution >= 4 is 25.3 Å². The van der Waals surface area contributed by atoms with Crippen LogP contribution in [0.25, 0.3) is 0 Å². The topological polar surface area (TPSA) is 12.9 Å². The number of nitrogens with zero attached hydrogens (tertiary/aromatic N) is 1. The monoisotopic (exact) mass is 199 g/mol. The van der Waals surface area contributed by atoms with Crippen LogP contribution in [0.2, 0.25) is 0 Å². The molecule has 1 nitrogen and oxygen atoms in total. The lowest BCUT2D eigenvalue weighted by Gasteiger charge is -2.20. The molecule has 0 unspecified atom stereocenters. The Morgan fingerprint density at radius 2 is 2.33 bits per heavy atom. The Labute approximate surface area is 84.4 Å². The van der Waals surface area contributed by atoms with Gasteiger partial charge in [0, 0.05) is 22.9 Å². The molecule has 1 rings (SSSR count). The first-order valence-electron chi connectivity index (χ1n) is 3.86. The SMILES string of the molecule is C[C@](S)(CS)Cc1cccnc1. The second-order valence-electron chi connectivity index (χ2n) is 3.19. The summed E-state index contributed by atoms with van der Waals surface area (Å²) in [5.74, 6) is 0.769. The average molecular weight is 199 g/mol. The Hall–Kier alpha value is -0.150. The fourth-order valence-electron chi connectivity index (χ4n) is 0.998. The molecule has 0 amide bonds. The number of aromatic nitrogens is 1. The summed E-state index contributed by atoms with van der Waals surface area (Å²) < 4.78 is -0.0356. The summed E-state index contributed by atoms with van der Waals surface area (Å²) in [5, 5.41) is 0. The van der Waals surface area contributed by atoms with Gasteiger partial charge in [0.25, 0.3) is 0 Å². The van der Waals surface area contributed by atoms with E-state index >= 15 is 0 Å². The van der Waals surface area contributed by atoms with Gasteiger partial charge in [-0.15, -0.1) is 0 Å². The second-order valence-corrected chi connectivity index (χ2v) is 4.59. The molecule has 3 heteroatoms. The summed E-state index contributed by atoms with van der Waals surface area (Å²) in [7, 11) is 0. The third-order valence-corrected chi connectivity index (χ3v) is 2.91. The molecule has 12 heavy (non-hydrogen) atoms. The van der Waals surface area contributed by atoms with Gasteiger partial charge in [0.05, 0.1) is 0 Å². The van der Waals surface area contributed by atoms with Gasteiger partial charge in [0.15, 0.2) is 0 Å². The zero-order chi connectivity index (χ0) is 9.03. The van der Waals surface area contributed by atoms with E-state index in [9.17, 15) is 0 Å². The van der Waals surface area contributed by atoms with Crippen molar-refractivity contribution in [1.82, 2.24) is 4.98 Å². The van der Waals surface area contributed by atoms with Crippen LogP contribution < -0.4 is 0 Å². The fourth-order valence-corrected chi connectivity index (χ4v) is 1.29. The lowest BCUT2D eigenvalue weighted by Crippen LogP contribution is -2.22. The molecule has 0 N–H and O–H groups in total. The van der Waals surface area contributed by atoms with Crippen LogP contribution in [-0.4, -0.2) is 15.5 Å². The van der Waals surface area contributed by atoms with Crippen LogP contribution in [0.1, 0.15) is 12.5 Å². The zero-order valence-electron chi connectivity index (χ0n) is 7.07. The van der Waals surface area contributed by atoms with Gasteiger partial charge in [-0.05, 0) is 25.0 Å². The predicted octanol–water partition coefficient (Wildman–Crippen LogP) is 2.24. The van der Waals surface area contributed by atoms with Crippen LogP contribution in [-0.2, 0) is 6.42 Å². The van der Waals surface area contributed by atoms with Gasteiger partial charge in [-0.2, -0.15) is 25.3 Å². The van der Waals surface area contributed by atoms with Crippen molar-refractivity contribution < 1.29 is 0 Å². The maximum absolute atomic E-state index is 4.49.